The van der Waals surface area contributed by atoms with Crippen LogP contribution in [0.4, 0.5) is 0 Å². The molecule has 0 amide bonds. The lowest BCUT2D eigenvalue weighted by molar-refractivity contribution is 0.916. The van der Waals surface area contributed by atoms with Crippen molar-refractivity contribution in [1.29, 1.82) is 0 Å². The zero-order chi connectivity index (χ0) is 11.9. The summed E-state index contributed by atoms with van der Waals surface area (Å²) in [6.45, 7) is 0. The van der Waals surface area contributed by atoms with Gasteiger partial charge in [-0.05, 0) is 48.2 Å². The number of aryl methyl sites for hydroxylation is 2. The van der Waals surface area contributed by atoms with E-state index in [4.69, 9.17) is 0 Å². The summed E-state index contributed by atoms with van der Waals surface area (Å²) < 4.78 is 0. The van der Waals surface area contributed by atoms with Crippen LogP contribution in [0.2, 0.25) is 0 Å². The maximum absolute atomic E-state index is 4.68. The van der Waals surface area contributed by atoms with E-state index >= 15 is 0 Å². The van der Waals surface area contributed by atoms with Crippen molar-refractivity contribution < 1.29 is 0 Å². The molecule has 0 spiro atoms. The van der Waals surface area contributed by atoms with Gasteiger partial charge >= 0.3 is 0 Å². The van der Waals surface area contributed by atoms with Gasteiger partial charge in [-0.25, -0.2) is 9.97 Å². The van der Waals surface area contributed by atoms with Crippen LogP contribution < -0.4 is 0 Å². The molecule has 0 aliphatic heterocycles. The second kappa shape index (κ2) is 3.60. The quantitative estimate of drug-likeness (QED) is 0.599. The van der Waals surface area contributed by atoms with Gasteiger partial charge in [0.05, 0.1) is 11.4 Å². The summed E-state index contributed by atoms with van der Waals surface area (Å²) in [5.41, 5.74) is 5.39. The zero-order valence-electron chi connectivity index (χ0n) is 9.80. The molecule has 3 heteroatoms. The highest BCUT2D eigenvalue weighted by atomic mass is 14.9. The molecule has 0 radical (unpaired) electrons. The number of hydrogen-bond donors (Lipinski definition) is 0. The molecular weight excluding hydrogens is 222 g/mol. The molecule has 18 heavy (non-hydrogen) atoms. The van der Waals surface area contributed by atoms with Gasteiger partial charge in [0.25, 0.3) is 0 Å². The Hall–Kier alpha value is -2.29. The molecule has 1 aliphatic rings. The van der Waals surface area contributed by atoms with Gasteiger partial charge in [0.1, 0.15) is 0 Å². The Kier molecular flexibility index (Phi) is 1.94. The minimum absolute atomic E-state index is 0.801. The minimum Gasteiger partial charge on any atom is -0.254 e. The molecule has 0 fully saturated rings. The van der Waals surface area contributed by atoms with E-state index in [9.17, 15) is 0 Å². The van der Waals surface area contributed by atoms with E-state index in [1.807, 2.05) is 18.3 Å². The van der Waals surface area contributed by atoms with E-state index in [2.05, 4.69) is 33.2 Å². The van der Waals surface area contributed by atoms with Crippen molar-refractivity contribution in [3.05, 3.63) is 53.9 Å². The minimum atomic E-state index is 0.801. The van der Waals surface area contributed by atoms with Gasteiger partial charge in [-0.3, -0.25) is 4.98 Å². The fourth-order valence-corrected chi connectivity index (χ4v) is 2.57. The summed E-state index contributed by atoms with van der Waals surface area (Å²) in [7, 11) is 0. The molecule has 0 atom stereocenters. The zero-order valence-corrected chi connectivity index (χ0v) is 9.80. The van der Waals surface area contributed by atoms with Crippen molar-refractivity contribution in [3.8, 4) is 11.4 Å². The van der Waals surface area contributed by atoms with Crippen molar-refractivity contribution >= 4 is 11.0 Å². The Balaban J connectivity index is 2.06. The third-order valence-electron chi connectivity index (χ3n) is 3.45. The van der Waals surface area contributed by atoms with Crippen molar-refractivity contribution in [2.45, 2.75) is 12.8 Å². The predicted molar refractivity (Wildman–Crippen MR) is 70.2 cm³/mol. The van der Waals surface area contributed by atoms with Crippen LogP contribution in [0, 0.1) is 0 Å². The van der Waals surface area contributed by atoms with E-state index in [1.165, 1.54) is 11.1 Å². The normalized spacial score (nSPS) is 13.1. The van der Waals surface area contributed by atoms with E-state index in [1.54, 1.807) is 6.20 Å². The SMILES string of the molecule is c1cnc2c(c1)CCc1cc3cccnc3nc1-2. The first-order chi connectivity index (χ1) is 8.92. The van der Waals surface area contributed by atoms with Gasteiger partial charge in [0, 0.05) is 17.8 Å². The first-order valence-electron chi connectivity index (χ1n) is 6.11. The number of hydrogen-bond acceptors (Lipinski definition) is 3. The Morgan fingerprint density at radius 1 is 0.833 bits per heavy atom. The fraction of sp³-hybridized carbons (Fsp3) is 0.133. The van der Waals surface area contributed by atoms with Crippen LogP contribution in [0.25, 0.3) is 22.4 Å². The number of fused-ring (bicyclic) bond motifs is 4. The smallest absolute Gasteiger partial charge is 0.159 e. The van der Waals surface area contributed by atoms with Gasteiger partial charge in [0.2, 0.25) is 0 Å². The number of aromatic nitrogens is 3. The molecule has 0 bridgehead atoms. The summed E-state index contributed by atoms with van der Waals surface area (Å²) in [4.78, 5) is 13.5. The second-order valence-corrected chi connectivity index (χ2v) is 4.56. The van der Waals surface area contributed by atoms with E-state index in [0.717, 1.165) is 35.3 Å². The molecular formula is C15H11N3. The molecule has 3 nitrogen and oxygen atoms in total. The fourth-order valence-electron chi connectivity index (χ4n) is 2.57. The van der Waals surface area contributed by atoms with Crippen molar-refractivity contribution in [1.82, 2.24) is 15.0 Å². The molecule has 86 valence electrons. The highest BCUT2D eigenvalue weighted by Crippen LogP contribution is 2.31. The monoisotopic (exact) mass is 233 g/mol. The van der Waals surface area contributed by atoms with Crippen molar-refractivity contribution in [2.75, 3.05) is 0 Å². The second-order valence-electron chi connectivity index (χ2n) is 4.56. The summed E-state index contributed by atoms with van der Waals surface area (Å²) >= 11 is 0. The molecule has 0 unspecified atom stereocenters. The maximum atomic E-state index is 4.68. The Morgan fingerprint density at radius 2 is 1.67 bits per heavy atom. The molecule has 4 rings (SSSR count). The highest BCUT2D eigenvalue weighted by molar-refractivity contribution is 5.80. The molecule has 0 saturated heterocycles. The van der Waals surface area contributed by atoms with Crippen LogP contribution in [-0.4, -0.2) is 15.0 Å². The lowest BCUT2D eigenvalue weighted by Crippen LogP contribution is -2.07. The van der Waals surface area contributed by atoms with E-state index < -0.39 is 0 Å². The molecule has 1 aliphatic carbocycles. The van der Waals surface area contributed by atoms with Gasteiger partial charge in [-0.2, -0.15) is 0 Å². The van der Waals surface area contributed by atoms with Crippen LogP contribution in [0.15, 0.2) is 42.7 Å². The lowest BCUT2D eigenvalue weighted by Gasteiger charge is -2.17. The van der Waals surface area contributed by atoms with Crippen LogP contribution in [-0.2, 0) is 12.8 Å². The number of nitrogens with zero attached hydrogens (tertiary/aromatic N) is 3. The Morgan fingerprint density at radius 3 is 2.67 bits per heavy atom. The molecule has 3 heterocycles. The van der Waals surface area contributed by atoms with Crippen LogP contribution in [0.5, 0.6) is 0 Å². The average molecular weight is 233 g/mol. The molecule has 3 aromatic heterocycles. The summed E-state index contributed by atoms with van der Waals surface area (Å²) in [6, 6.07) is 10.3. The van der Waals surface area contributed by atoms with Gasteiger partial charge in [-0.15, -0.1) is 0 Å². The topological polar surface area (TPSA) is 38.7 Å². The average Bonchev–Trinajstić information content (AvgIpc) is 2.45. The first-order valence-corrected chi connectivity index (χ1v) is 6.11. The summed E-state index contributed by atoms with van der Waals surface area (Å²) in [5, 5.41) is 1.11. The van der Waals surface area contributed by atoms with E-state index in [-0.39, 0.29) is 0 Å². The van der Waals surface area contributed by atoms with Crippen LogP contribution in [0.3, 0.4) is 0 Å². The number of pyridine rings is 3. The summed E-state index contributed by atoms with van der Waals surface area (Å²) in [6.07, 6.45) is 5.69. The number of rotatable bonds is 0. The first kappa shape index (κ1) is 9.71. The van der Waals surface area contributed by atoms with Crippen molar-refractivity contribution in [2.24, 2.45) is 0 Å². The Bertz CT molecular complexity index is 750. The van der Waals surface area contributed by atoms with Gasteiger partial charge in [0.15, 0.2) is 5.65 Å². The molecule has 0 aromatic carbocycles. The third-order valence-corrected chi connectivity index (χ3v) is 3.45. The molecule has 0 saturated carbocycles. The third kappa shape index (κ3) is 1.34. The standard InChI is InChI=1S/C15H11N3/c1-3-10-5-6-11-9-12-4-2-8-17-15(12)18-14(11)13(10)16-7-1/h1-4,7-9H,5-6H2. The lowest BCUT2D eigenvalue weighted by atomic mass is 9.92. The molecule has 0 N–H and O–H groups in total. The van der Waals surface area contributed by atoms with Crippen LogP contribution >= 0.6 is 0 Å². The van der Waals surface area contributed by atoms with E-state index in [0.29, 0.717) is 0 Å². The van der Waals surface area contributed by atoms with Crippen LogP contribution in [0.1, 0.15) is 11.1 Å². The maximum Gasteiger partial charge on any atom is 0.159 e. The van der Waals surface area contributed by atoms with Crippen molar-refractivity contribution in [3.63, 3.8) is 0 Å². The highest BCUT2D eigenvalue weighted by Gasteiger charge is 2.19. The predicted octanol–water partition coefficient (Wildman–Crippen LogP) is 2.79. The van der Waals surface area contributed by atoms with Gasteiger partial charge in [-0.1, -0.05) is 6.07 Å². The Labute approximate surface area is 105 Å². The molecule has 3 aromatic rings. The van der Waals surface area contributed by atoms with Gasteiger partial charge < -0.3 is 0 Å². The summed E-state index contributed by atoms with van der Waals surface area (Å²) in [5.74, 6) is 0. The largest absolute Gasteiger partial charge is 0.254 e.